The van der Waals surface area contributed by atoms with E-state index in [0.717, 1.165) is 12.8 Å². The van der Waals surface area contributed by atoms with E-state index in [9.17, 15) is 9.00 Å². The Bertz CT molecular complexity index is 501. The van der Waals surface area contributed by atoms with E-state index in [4.69, 9.17) is 10.5 Å². The van der Waals surface area contributed by atoms with E-state index in [0.29, 0.717) is 22.4 Å². The van der Waals surface area contributed by atoms with Gasteiger partial charge in [-0.1, -0.05) is 0 Å². The van der Waals surface area contributed by atoms with Gasteiger partial charge in [0.15, 0.2) is 0 Å². The van der Waals surface area contributed by atoms with Crippen LogP contribution < -0.4 is 15.8 Å². The lowest BCUT2D eigenvalue weighted by Crippen LogP contribution is -2.26. The van der Waals surface area contributed by atoms with Crippen molar-refractivity contribution in [2.45, 2.75) is 30.2 Å². The number of anilines is 1. The van der Waals surface area contributed by atoms with Crippen molar-refractivity contribution in [1.82, 2.24) is 5.32 Å². The molecule has 0 radical (unpaired) electrons. The Morgan fingerprint density at radius 3 is 2.89 bits per heavy atom. The molecule has 1 aliphatic carbocycles. The number of hydrogen-bond donors (Lipinski definition) is 2. The Morgan fingerprint density at radius 2 is 2.26 bits per heavy atom. The zero-order valence-corrected chi connectivity index (χ0v) is 11.7. The molecule has 104 valence electrons. The molecule has 1 saturated carbocycles. The van der Waals surface area contributed by atoms with Gasteiger partial charge in [0.25, 0.3) is 0 Å². The maximum absolute atomic E-state index is 12.1. The molecule has 1 fully saturated rings. The number of methoxy groups -OCH3 is 1. The highest BCUT2D eigenvalue weighted by atomic mass is 32.2. The van der Waals surface area contributed by atoms with Crippen LogP contribution in [0.1, 0.15) is 19.3 Å². The second-order valence-electron chi connectivity index (χ2n) is 4.55. The van der Waals surface area contributed by atoms with Gasteiger partial charge in [0.05, 0.1) is 22.8 Å². The van der Waals surface area contributed by atoms with Crippen LogP contribution in [0, 0.1) is 0 Å². The maximum atomic E-state index is 12.1. The molecule has 5 nitrogen and oxygen atoms in total. The van der Waals surface area contributed by atoms with E-state index in [1.165, 1.54) is 0 Å². The van der Waals surface area contributed by atoms with Crippen molar-refractivity contribution in [2.75, 3.05) is 18.6 Å². The van der Waals surface area contributed by atoms with E-state index in [-0.39, 0.29) is 18.1 Å². The number of ether oxygens (including phenoxy) is 1. The van der Waals surface area contributed by atoms with Crippen LogP contribution in [0.15, 0.2) is 23.1 Å². The third-order valence-corrected chi connectivity index (χ3v) is 4.34. The number of nitrogens with two attached hydrogens (primary N) is 1. The molecule has 2 rings (SSSR count). The minimum Gasteiger partial charge on any atom is -0.497 e. The summed E-state index contributed by atoms with van der Waals surface area (Å²) in [4.78, 5) is 12.1. The molecule has 0 bridgehead atoms. The van der Waals surface area contributed by atoms with Gasteiger partial charge in [0.2, 0.25) is 5.91 Å². The topological polar surface area (TPSA) is 81.4 Å². The standard InChI is InChI=1S/C13H18N2O3S/c1-18-10-4-5-11(14)12(8-10)19(17)7-6-13(16)15-9-2-3-9/h4-5,8-9H,2-3,6-7,14H2,1H3,(H,15,16). The first-order valence-corrected chi connectivity index (χ1v) is 7.53. The monoisotopic (exact) mass is 282 g/mol. The van der Waals surface area contributed by atoms with Crippen LogP contribution in [0.3, 0.4) is 0 Å². The number of carbonyl (C=O) groups excluding carboxylic acids is 1. The fourth-order valence-electron chi connectivity index (χ4n) is 1.66. The summed E-state index contributed by atoms with van der Waals surface area (Å²) < 4.78 is 17.2. The Balaban J connectivity index is 1.92. The minimum absolute atomic E-state index is 0.0442. The van der Waals surface area contributed by atoms with Crippen LogP contribution in [0.5, 0.6) is 5.75 Å². The normalized spacial score (nSPS) is 15.8. The van der Waals surface area contributed by atoms with Crippen molar-refractivity contribution < 1.29 is 13.7 Å². The summed E-state index contributed by atoms with van der Waals surface area (Å²) in [6.07, 6.45) is 2.36. The van der Waals surface area contributed by atoms with Gasteiger partial charge >= 0.3 is 0 Å². The summed E-state index contributed by atoms with van der Waals surface area (Å²) in [6, 6.07) is 5.37. The zero-order chi connectivity index (χ0) is 13.8. The Hall–Kier alpha value is -1.56. The quantitative estimate of drug-likeness (QED) is 0.764. The van der Waals surface area contributed by atoms with Crippen LogP contribution in [0.2, 0.25) is 0 Å². The SMILES string of the molecule is COc1ccc(N)c(S(=O)CCC(=O)NC2CC2)c1. The molecule has 1 aromatic rings. The number of hydrogen-bond acceptors (Lipinski definition) is 4. The molecule has 1 aliphatic rings. The number of benzene rings is 1. The van der Waals surface area contributed by atoms with Gasteiger partial charge in [-0.2, -0.15) is 0 Å². The van der Waals surface area contributed by atoms with Crippen LogP contribution in [0.25, 0.3) is 0 Å². The maximum Gasteiger partial charge on any atom is 0.221 e. The Morgan fingerprint density at radius 1 is 1.53 bits per heavy atom. The molecular weight excluding hydrogens is 264 g/mol. The summed E-state index contributed by atoms with van der Waals surface area (Å²) in [5.74, 6) is 0.841. The van der Waals surface area contributed by atoms with Gasteiger partial charge in [-0.25, -0.2) is 0 Å². The highest BCUT2D eigenvalue weighted by Crippen LogP contribution is 2.23. The number of nitrogens with one attached hydrogen (secondary N) is 1. The molecule has 0 heterocycles. The average molecular weight is 282 g/mol. The van der Waals surface area contributed by atoms with Crippen molar-refractivity contribution in [1.29, 1.82) is 0 Å². The molecule has 0 spiro atoms. The molecule has 1 aromatic carbocycles. The molecule has 0 aliphatic heterocycles. The molecular formula is C13H18N2O3S. The molecule has 19 heavy (non-hydrogen) atoms. The Labute approximate surface area is 115 Å². The number of rotatable bonds is 6. The van der Waals surface area contributed by atoms with Crippen molar-refractivity contribution in [3.8, 4) is 5.75 Å². The van der Waals surface area contributed by atoms with Gasteiger partial charge < -0.3 is 15.8 Å². The lowest BCUT2D eigenvalue weighted by atomic mass is 10.3. The highest BCUT2D eigenvalue weighted by Gasteiger charge is 2.23. The zero-order valence-electron chi connectivity index (χ0n) is 10.8. The number of nitrogen functional groups attached to an aromatic ring is 1. The molecule has 0 saturated heterocycles. The number of amides is 1. The first-order valence-electron chi connectivity index (χ1n) is 6.21. The summed E-state index contributed by atoms with van der Waals surface area (Å²) in [5, 5.41) is 2.87. The lowest BCUT2D eigenvalue weighted by Gasteiger charge is -2.08. The molecule has 0 aromatic heterocycles. The summed E-state index contributed by atoms with van der Waals surface area (Å²) in [7, 11) is 0.255. The van der Waals surface area contributed by atoms with Gasteiger partial charge in [-0.3, -0.25) is 9.00 Å². The summed E-state index contributed by atoms with van der Waals surface area (Å²) in [5.41, 5.74) is 6.25. The average Bonchev–Trinajstić information content (AvgIpc) is 3.20. The van der Waals surface area contributed by atoms with E-state index in [2.05, 4.69) is 5.32 Å². The van der Waals surface area contributed by atoms with Crippen molar-refractivity contribution in [2.24, 2.45) is 0 Å². The minimum atomic E-state index is -1.29. The molecule has 6 heteroatoms. The van der Waals surface area contributed by atoms with Crippen molar-refractivity contribution >= 4 is 22.4 Å². The second-order valence-corrected chi connectivity index (χ2v) is 6.08. The molecule has 1 atom stereocenters. The first kappa shape index (κ1) is 13.9. The lowest BCUT2D eigenvalue weighted by molar-refractivity contribution is -0.120. The molecule has 1 amide bonds. The predicted octanol–water partition coefficient (Wildman–Crippen LogP) is 1.05. The van der Waals surface area contributed by atoms with Crippen LogP contribution in [0.4, 0.5) is 5.69 Å². The fourth-order valence-corrected chi connectivity index (χ4v) is 2.83. The summed E-state index contributed by atoms with van der Waals surface area (Å²) >= 11 is 0. The largest absolute Gasteiger partial charge is 0.497 e. The van der Waals surface area contributed by atoms with E-state index in [1.54, 1.807) is 25.3 Å². The summed E-state index contributed by atoms with van der Waals surface area (Å²) in [6.45, 7) is 0. The fraction of sp³-hybridized carbons (Fsp3) is 0.462. The van der Waals surface area contributed by atoms with E-state index >= 15 is 0 Å². The number of carbonyl (C=O) groups is 1. The van der Waals surface area contributed by atoms with E-state index in [1.807, 2.05) is 0 Å². The van der Waals surface area contributed by atoms with Gasteiger partial charge in [-0.05, 0) is 31.0 Å². The molecule has 1 unspecified atom stereocenters. The van der Waals surface area contributed by atoms with Gasteiger partial charge in [-0.15, -0.1) is 0 Å². The van der Waals surface area contributed by atoms with Crippen LogP contribution in [-0.4, -0.2) is 29.0 Å². The highest BCUT2D eigenvalue weighted by molar-refractivity contribution is 7.85. The van der Waals surface area contributed by atoms with Crippen molar-refractivity contribution in [3.63, 3.8) is 0 Å². The third-order valence-electron chi connectivity index (χ3n) is 2.92. The van der Waals surface area contributed by atoms with Gasteiger partial charge in [0.1, 0.15) is 5.75 Å². The predicted molar refractivity (Wildman–Crippen MR) is 74.5 cm³/mol. The van der Waals surface area contributed by atoms with Crippen molar-refractivity contribution in [3.05, 3.63) is 18.2 Å². The molecule has 3 N–H and O–H groups in total. The Kier molecular flexibility index (Phi) is 4.42. The van der Waals surface area contributed by atoms with Gasteiger partial charge in [0, 0.05) is 23.9 Å². The smallest absolute Gasteiger partial charge is 0.221 e. The first-order chi connectivity index (χ1) is 9.10. The van der Waals surface area contributed by atoms with Crippen LogP contribution in [-0.2, 0) is 15.6 Å². The third kappa shape index (κ3) is 3.96. The second kappa shape index (κ2) is 6.06. The van der Waals surface area contributed by atoms with E-state index < -0.39 is 10.8 Å². The van der Waals surface area contributed by atoms with Crippen LogP contribution >= 0.6 is 0 Å².